The van der Waals surface area contributed by atoms with Crippen LogP contribution in [-0.4, -0.2) is 45.9 Å². The van der Waals surface area contributed by atoms with E-state index in [2.05, 4.69) is 0 Å². The number of amides is 4. The number of nitrogens with zero attached hydrogens (tertiary/aromatic N) is 2. The summed E-state index contributed by atoms with van der Waals surface area (Å²) in [5.74, 6) is -3.37. The molecule has 23 heavy (non-hydrogen) atoms. The fourth-order valence-electron chi connectivity index (χ4n) is 4.25. The summed E-state index contributed by atoms with van der Waals surface area (Å²) in [5.41, 5.74) is 0.434. The molecule has 0 aromatic heterocycles. The van der Waals surface area contributed by atoms with E-state index in [4.69, 9.17) is 4.74 Å². The molecular formula is C16H12N2O5. The van der Waals surface area contributed by atoms with Crippen LogP contribution in [0.5, 0.6) is 0 Å². The standard InChI is InChI=1S/C16H12N2O5/c19-13-7-3-1-2-4-8(7)14(20)17(13)18-15(21)11-9-5-6-10(23-9)12(11)16(18)22/h1-4,9-12H,5-6H2/t9-,10-,11-,12+/m0/s1. The van der Waals surface area contributed by atoms with Gasteiger partial charge in [-0.1, -0.05) is 12.1 Å². The monoisotopic (exact) mass is 312 g/mol. The Balaban J connectivity index is 1.57. The average molecular weight is 312 g/mol. The van der Waals surface area contributed by atoms with E-state index in [1.54, 1.807) is 12.1 Å². The van der Waals surface area contributed by atoms with Crippen LogP contribution < -0.4 is 0 Å². The van der Waals surface area contributed by atoms with E-state index in [-0.39, 0.29) is 23.3 Å². The molecule has 0 radical (unpaired) electrons. The van der Waals surface area contributed by atoms with Gasteiger partial charge in [0.15, 0.2) is 0 Å². The van der Waals surface area contributed by atoms with Crippen molar-refractivity contribution in [3.63, 3.8) is 0 Å². The van der Waals surface area contributed by atoms with Crippen LogP contribution in [0, 0.1) is 11.8 Å². The van der Waals surface area contributed by atoms with E-state index in [1.165, 1.54) is 12.1 Å². The zero-order valence-corrected chi connectivity index (χ0v) is 12.0. The van der Waals surface area contributed by atoms with Crippen molar-refractivity contribution in [2.24, 2.45) is 11.8 Å². The van der Waals surface area contributed by atoms with Crippen molar-refractivity contribution < 1.29 is 23.9 Å². The van der Waals surface area contributed by atoms with Gasteiger partial charge in [-0.15, -0.1) is 0 Å². The molecule has 4 amide bonds. The van der Waals surface area contributed by atoms with Crippen molar-refractivity contribution in [1.29, 1.82) is 0 Å². The third-order valence-electron chi connectivity index (χ3n) is 5.23. The summed E-state index contributed by atoms with van der Waals surface area (Å²) in [5, 5.41) is 1.46. The molecular weight excluding hydrogens is 300 g/mol. The Morgan fingerprint density at radius 3 is 1.74 bits per heavy atom. The number of rotatable bonds is 1. The molecule has 0 unspecified atom stereocenters. The SMILES string of the molecule is O=C1c2ccccc2C(=O)N1N1C(=O)[C@@H]2[C@H](C1=O)[C@@H]1CC[C@@H]2O1. The number of ether oxygens (including phenoxy) is 1. The topological polar surface area (TPSA) is 84.0 Å². The number of carbonyl (C=O) groups is 4. The highest BCUT2D eigenvalue weighted by Gasteiger charge is 2.65. The molecule has 3 fully saturated rings. The van der Waals surface area contributed by atoms with Gasteiger partial charge in [0.05, 0.1) is 35.2 Å². The minimum Gasteiger partial charge on any atom is -0.373 e. The minimum atomic E-state index is -0.625. The average Bonchev–Trinajstić information content (AvgIpc) is 3.28. The lowest BCUT2D eigenvalue weighted by Crippen LogP contribution is -2.51. The molecule has 1 aromatic carbocycles. The van der Waals surface area contributed by atoms with Crippen LogP contribution in [0.1, 0.15) is 33.6 Å². The molecule has 5 rings (SSSR count). The van der Waals surface area contributed by atoms with E-state index >= 15 is 0 Å². The van der Waals surface area contributed by atoms with Crippen LogP contribution in [0.2, 0.25) is 0 Å². The first-order valence-electron chi connectivity index (χ1n) is 7.60. The summed E-state index contributed by atoms with van der Waals surface area (Å²) in [6.45, 7) is 0. The highest BCUT2D eigenvalue weighted by Crippen LogP contribution is 2.49. The van der Waals surface area contributed by atoms with Crippen LogP contribution in [-0.2, 0) is 14.3 Å². The first-order chi connectivity index (χ1) is 11.1. The van der Waals surface area contributed by atoms with Gasteiger partial charge in [0, 0.05) is 0 Å². The summed E-state index contributed by atoms with van der Waals surface area (Å²) < 4.78 is 5.65. The molecule has 3 saturated heterocycles. The van der Waals surface area contributed by atoms with Crippen molar-refractivity contribution in [3.05, 3.63) is 35.4 Å². The van der Waals surface area contributed by atoms with E-state index in [0.29, 0.717) is 5.01 Å². The molecule has 7 nitrogen and oxygen atoms in total. The largest absolute Gasteiger partial charge is 0.373 e. The molecule has 2 bridgehead atoms. The van der Waals surface area contributed by atoms with Crippen molar-refractivity contribution in [3.8, 4) is 0 Å². The second kappa shape index (κ2) is 4.05. The van der Waals surface area contributed by atoms with E-state index in [1.807, 2.05) is 0 Å². The molecule has 0 saturated carbocycles. The van der Waals surface area contributed by atoms with Gasteiger partial charge in [0.25, 0.3) is 23.6 Å². The first-order valence-corrected chi connectivity index (χ1v) is 7.60. The number of hydrogen-bond donors (Lipinski definition) is 0. The summed E-state index contributed by atoms with van der Waals surface area (Å²) in [6.07, 6.45) is 0.921. The van der Waals surface area contributed by atoms with Crippen molar-refractivity contribution >= 4 is 23.6 Å². The van der Waals surface area contributed by atoms with E-state index < -0.39 is 35.5 Å². The number of fused-ring (bicyclic) bond motifs is 6. The quantitative estimate of drug-likeness (QED) is 0.699. The Kier molecular flexibility index (Phi) is 2.28. The smallest absolute Gasteiger partial charge is 0.281 e. The maximum absolute atomic E-state index is 12.7. The molecule has 116 valence electrons. The molecule has 7 heteroatoms. The lowest BCUT2D eigenvalue weighted by Gasteiger charge is -2.25. The first kappa shape index (κ1) is 13.0. The minimum absolute atomic E-state index is 0.217. The summed E-state index contributed by atoms with van der Waals surface area (Å²) in [7, 11) is 0. The van der Waals surface area contributed by atoms with Gasteiger partial charge in [0.1, 0.15) is 0 Å². The van der Waals surface area contributed by atoms with E-state index in [0.717, 1.165) is 17.9 Å². The number of benzene rings is 1. The molecule has 4 atom stereocenters. The van der Waals surface area contributed by atoms with Gasteiger partial charge in [0.2, 0.25) is 0 Å². The van der Waals surface area contributed by atoms with Crippen LogP contribution in [0.4, 0.5) is 0 Å². The summed E-state index contributed by atoms with van der Waals surface area (Å²) in [4.78, 5) is 50.4. The Morgan fingerprint density at radius 1 is 0.783 bits per heavy atom. The maximum Gasteiger partial charge on any atom is 0.281 e. The van der Waals surface area contributed by atoms with Gasteiger partial charge in [-0.2, -0.15) is 10.0 Å². The molecule has 0 aliphatic carbocycles. The molecule has 1 aromatic rings. The van der Waals surface area contributed by atoms with Crippen LogP contribution in [0.3, 0.4) is 0 Å². The third-order valence-corrected chi connectivity index (χ3v) is 5.23. The second-order valence-corrected chi connectivity index (χ2v) is 6.30. The molecule has 4 aliphatic rings. The predicted octanol–water partition coefficient (Wildman–Crippen LogP) is 0.360. The summed E-state index contributed by atoms with van der Waals surface area (Å²) in [6, 6.07) is 6.33. The third kappa shape index (κ3) is 1.38. The highest BCUT2D eigenvalue weighted by atomic mass is 16.5. The van der Waals surface area contributed by atoms with Crippen molar-refractivity contribution in [1.82, 2.24) is 10.0 Å². The van der Waals surface area contributed by atoms with Gasteiger partial charge in [-0.3, -0.25) is 19.2 Å². The fourth-order valence-corrected chi connectivity index (χ4v) is 4.25. The Hall–Kier alpha value is -2.54. The lowest BCUT2D eigenvalue weighted by molar-refractivity contribution is -0.154. The van der Waals surface area contributed by atoms with Gasteiger partial charge < -0.3 is 4.74 Å². The molecule has 4 heterocycles. The normalized spacial score (nSPS) is 34.6. The van der Waals surface area contributed by atoms with Crippen LogP contribution >= 0.6 is 0 Å². The highest BCUT2D eigenvalue weighted by molar-refractivity contribution is 6.24. The number of hydrazine groups is 1. The number of hydrogen-bond acceptors (Lipinski definition) is 5. The predicted molar refractivity (Wildman–Crippen MR) is 73.7 cm³/mol. The Labute approximate surface area is 130 Å². The van der Waals surface area contributed by atoms with Gasteiger partial charge in [-0.05, 0) is 25.0 Å². The lowest BCUT2D eigenvalue weighted by atomic mass is 9.81. The van der Waals surface area contributed by atoms with E-state index in [9.17, 15) is 19.2 Å². The van der Waals surface area contributed by atoms with Crippen molar-refractivity contribution in [2.75, 3.05) is 0 Å². The Bertz CT molecular complexity index is 740. The molecule has 0 N–H and O–H groups in total. The van der Waals surface area contributed by atoms with Crippen LogP contribution in [0.25, 0.3) is 0 Å². The number of carbonyl (C=O) groups excluding carboxylic acids is 4. The molecule has 4 aliphatic heterocycles. The Morgan fingerprint density at radius 2 is 1.26 bits per heavy atom. The number of imide groups is 2. The summed E-state index contributed by atoms with van der Waals surface area (Å²) >= 11 is 0. The van der Waals surface area contributed by atoms with Crippen molar-refractivity contribution in [2.45, 2.75) is 25.0 Å². The zero-order valence-electron chi connectivity index (χ0n) is 12.0. The zero-order chi connectivity index (χ0) is 15.9. The maximum atomic E-state index is 12.7. The second-order valence-electron chi connectivity index (χ2n) is 6.30. The van der Waals surface area contributed by atoms with Crippen LogP contribution in [0.15, 0.2) is 24.3 Å². The van der Waals surface area contributed by atoms with Gasteiger partial charge in [-0.25, -0.2) is 0 Å². The fraction of sp³-hybridized carbons (Fsp3) is 0.375. The van der Waals surface area contributed by atoms with Gasteiger partial charge >= 0.3 is 0 Å². The molecule has 0 spiro atoms.